The summed E-state index contributed by atoms with van der Waals surface area (Å²) in [6, 6.07) is 59.4. The van der Waals surface area contributed by atoms with Gasteiger partial charge in [0.2, 0.25) is 0 Å². The highest BCUT2D eigenvalue weighted by Crippen LogP contribution is 2.39. The van der Waals surface area contributed by atoms with Gasteiger partial charge in [-0.2, -0.15) is 0 Å². The van der Waals surface area contributed by atoms with Crippen molar-refractivity contribution in [2.24, 2.45) is 0 Å². The first-order valence-corrected chi connectivity index (χ1v) is 18.4. The standard InChI is InChI=1S/C48H29N3S/c1-4-10-43-33(7-1)21-38(28-49-43)31-16-19-45-41(25-31)42-26-32(39-22-34-8-2-5-11-44(34)50-29-39)17-20-46(42)51(45)40-18-15-30-13-14-36(23-37(30)24-40)48-27-35-9-3-6-12-47(35)52-48/h1-29H. The van der Waals surface area contributed by atoms with Crippen LogP contribution in [0.25, 0.3) is 103 Å². The van der Waals surface area contributed by atoms with E-state index in [-0.39, 0.29) is 0 Å². The average molecular weight is 680 g/mol. The number of rotatable bonds is 4. The quantitative estimate of drug-likeness (QED) is 0.185. The fourth-order valence-electron chi connectivity index (χ4n) is 7.77. The van der Waals surface area contributed by atoms with Gasteiger partial charge in [-0.25, -0.2) is 0 Å². The molecule has 0 saturated heterocycles. The highest BCUT2D eigenvalue weighted by atomic mass is 32.1. The first-order chi connectivity index (χ1) is 25.7. The molecule has 4 heteroatoms. The van der Waals surface area contributed by atoms with Gasteiger partial charge in [0.25, 0.3) is 0 Å². The molecule has 4 heterocycles. The van der Waals surface area contributed by atoms with Crippen molar-refractivity contribution in [2.75, 3.05) is 0 Å². The molecule has 0 fully saturated rings. The highest BCUT2D eigenvalue weighted by molar-refractivity contribution is 7.22. The lowest BCUT2D eigenvalue weighted by atomic mass is 10.0. The van der Waals surface area contributed by atoms with Gasteiger partial charge < -0.3 is 4.57 Å². The van der Waals surface area contributed by atoms with E-state index in [1.54, 1.807) is 0 Å². The van der Waals surface area contributed by atoms with Crippen molar-refractivity contribution in [2.45, 2.75) is 0 Å². The predicted molar refractivity (Wildman–Crippen MR) is 221 cm³/mol. The van der Waals surface area contributed by atoms with Gasteiger partial charge in [0, 0.05) is 60.3 Å². The molecule has 0 bridgehead atoms. The topological polar surface area (TPSA) is 30.7 Å². The van der Waals surface area contributed by atoms with E-state index in [0.29, 0.717) is 0 Å². The maximum atomic E-state index is 4.79. The number of para-hydroxylation sites is 2. The van der Waals surface area contributed by atoms with Crippen LogP contribution in [0.5, 0.6) is 0 Å². The molecular weight excluding hydrogens is 651 g/mol. The summed E-state index contributed by atoms with van der Waals surface area (Å²) >= 11 is 1.85. The Morgan fingerprint density at radius 1 is 0.385 bits per heavy atom. The van der Waals surface area contributed by atoms with E-state index in [2.05, 4.69) is 156 Å². The Kier molecular flexibility index (Phi) is 6.42. The molecule has 52 heavy (non-hydrogen) atoms. The normalized spacial score (nSPS) is 11.8. The number of thiophene rings is 1. The molecule has 7 aromatic carbocycles. The highest BCUT2D eigenvalue weighted by Gasteiger charge is 2.16. The van der Waals surface area contributed by atoms with Crippen LogP contribution in [0.2, 0.25) is 0 Å². The monoisotopic (exact) mass is 679 g/mol. The summed E-state index contributed by atoms with van der Waals surface area (Å²) in [5.74, 6) is 0. The van der Waals surface area contributed by atoms with Crippen molar-refractivity contribution in [1.29, 1.82) is 0 Å². The zero-order valence-corrected chi connectivity index (χ0v) is 28.8. The first kappa shape index (κ1) is 29.1. The van der Waals surface area contributed by atoms with Crippen LogP contribution in [0.15, 0.2) is 176 Å². The first-order valence-electron chi connectivity index (χ1n) is 17.5. The molecule has 0 saturated carbocycles. The fraction of sp³-hybridized carbons (Fsp3) is 0. The van der Waals surface area contributed by atoms with Crippen LogP contribution < -0.4 is 0 Å². The van der Waals surface area contributed by atoms with Gasteiger partial charge in [-0.3, -0.25) is 9.97 Å². The number of nitrogens with zero attached hydrogens (tertiary/aromatic N) is 3. The SMILES string of the molecule is c1ccc2ncc(-c3ccc4c(c3)c3cc(-c5cnc6ccccc6c5)ccc3n4-c3ccc4ccc(-c5cc6ccccc6s5)cc4c3)cc2c1. The molecule has 0 aliphatic carbocycles. The average Bonchev–Trinajstić information content (AvgIpc) is 3.79. The molecule has 0 aliphatic heterocycles. The third-order valence-corrected chi connectivity index (χ3v) is 11.6. The van der Waals surface area contributed by atoms with Crippen LogP contribution >= 0.6 is 11.3 Å². The minimum Gasteiger partial charge on any atom is -0.309 e. The van der Waals surface area contributed by atoms with E-state index < -0.39 is 0 Å². The molecule has 0 spiro atoms. The van der Waals surface area contributed by atoms with Crippen molar-refractivity contribution in [1.82, 2.24) is 14.5 Å². The Balaban J connectivity index is 1.11. The Bertz CT molecular complexity index is 3030. The molecule has 0 aliphatic rings. The summed E-state index contributed by atoms with van der Waals surface area (Å²) in [5, 5.41) is 8.43. The number of hydrogen-bond donors (Lipinski definition) is 0. The molecule has 0 amide bonds. The molecule has 0 radical (unpaired) electrons. The molecule has 3 nitrogen and oxygen atoms in total. The molecule has 11 aromatic rings. The molecule has 11 rings (SSSR count). The Morgan fingerprint density at radius 2 is 0.942 bits per heavy atom. The molecular formula is C48H29N3S. The molecule has 4 aromatic heterocycles. The fourth-order valence-corrected chi connectivity index (χ4v) is 8.83. The summed E-state index contributed by atoms with van der Waals surface area (Å²) in [7, 11) is 0. The molecule has 0 N–H and O–H groups in total. The van der Waals surface area contributed by atoms with Gasteiger partial charge in [-0.15, -0.1) is 11.3 Å². The van der Waals surface area contributed by atoms with Crippen molar-refractivity contribution < 1.29 is 0 Å². The van der Waals surface area contributed by atoms with Crippen LogP contribution in [-0.2, 0) is 0 Å². The lowest BCUT2D eigenvalue weighted by Crippen LogP contribution is -1.94. The Hall–Kier alpha value is -6.62. The van der Waals surface area contributed by atoms with Crippen molar-refractivity contribution in [3.05, 3.63) is 176 Å². The largest absolute Gasteiger partial charge is 0.309 e. The van der Waals surface area contributed by atoms with Crippen LogP contribution in [0, 0.1) is 0 Å². The third-order valence-electron chi connectivity index (χ3n) is 10.4. The van der Waals surface area contributed by atoms with Crippen molar-refractivity contribution in [3.8, 4) is 38.4 Å². The van der Waals surface area contributed by atoms with E-state index >= 15 is 0 Å². The molecule has 242 valence electrons. The van der Waals surface area contributed by atoms with Crippen LogP contribution in [-0.4, -0.2) is 14.5 Å². The van der Waals surface area contributed by atoms with E-state index in [1.165, 1.54) is 53.1 Å². The zero-order valence-electron chi connectivity index (χ0n) is 28.0. The Morgan fingerprint density at radius 3 is 1.60 bits per heavy atom. The maximum Gasteiger partial charge on any atom is 0.0702 e. The van der Waals surface area contributed by atoms with Crippen LogP contribution in [0.3, 0.4) is 0 Å². The minimum atomic E-state index is 1.00. The Labute approximate surface area is 303 Å². The summed E-state index contributed by atoms with van der Waals surface area (Å²) in [6.45, 7) is 0. The second-order valence-electron chi connectivity index (χ2n) is 13.5. The smallest absolute Gasteiger partial charge is 0.0702 e. The minimum absolute atomic E-state index is 1.00. The maximum absolute atomic E-state index is 4.79. The summed E-state index contributed by atoms with van der Waals surface area (Å²) < 4.78 is 3.73. The van der Waals surface area contributed by atoms with Gasteiger partial charge in [-0.1, -0.05) is 84.9 Å². The van der Waals surface area contributed by atoms with Gasteiger partial charge in [-0.05, 0) is 112 Å². The van der Waals surface area contributed by atoms with E-state index in [0.717, 1.165) is 49.7 Å². The third kappa shape index (κ3) is 4.73. The van der Waals surface area contributed by atoms with Crippen molar-refractivity contribution in [3.63, 3.8) is 0 Å². The number of aromatic nitrogens is 3. The van der Waals surface area contributed by atoms with Gasteiger partial charge in [0.05, 0.1) is 22.1 Å². The number of fused-ring (bicyclic) bond motifs is 7. The lowest BCUT2D eigenvalue weighted by Gasteiger charge is -2.11. The van der Waals surface area contributed by atoms with Gasteiger partial charge in [0.1, 0.15) is 0 Å². The summed E-state index contributed by atoms with van der Waals surface area (Å²) in [5.41, 5.74) is 11.2. The predicted octanol–water partition coefficient (Wildman–Crippen LogP) is 13.2. The number of hydrogen-bond acceptors (Lipinski definition) is 3. The van der Waals surface area contributed by atoms with Crippen LogP contribution in [0.4, 0.5) is 0 Å². The van der Waals surface area contributed by atoms with E-state index in [9.17, 15) is 0 Å². The van der Waals surface area contributed by atoms with Crippen molar-refractivity contribution >= 4 is 75.8 Å². The second kappa shape index (κ2) is 11.5. The van der Waals surface area contributed by atoms with Gasteiger partial charge >= 0.3 is 0 Å². The van der Waals surface area contributed by atoms with Crippen LogP contribution in [0.1, 0.15) is 0 Å². The molecule has 0 atom stereocenters. The number of benzene rings is 7. The van der Waals surface area contributed by atoms with Gasteiger partial charge in [0.15, 0.2) is 0 Å². The summed E-state index contributed by atoms with van der Waals surface area (Å²) in [6.07, 6.45) is 3.98. The second-order valence-corrected chi connectivity index (χ2v) is 14.6. The zero-order chi connectivity index (χ0) is 34.2. The van der Waals surface area contributed by atoms with E-state index in [1.807, 2.05) is 35.9 Å². The summed E-state index contributed by atoms with van der Waals surface area (Å²) in [4.78, 5) is 10.9. The molecule has 0 unspecified atom stereocenters. The lowest BCUT2D eigenvalue weighted by molar-refractivity contribution is 1.19. The number of pyridine rings is 2. The van der Waals surface area contributed by atoms with E-state index in [4.69, 9.17) is 9.97 Å².